The van der Waals surface area contributed by atoms with Crippen molar-refractivity contribution < 1.29 is 19.4 Å². The third kappa shape index (κ3) is 4.99. The van der Waals surface area contributed by atoms with Gasteiger partial charge in [0.25, 0.3) is 0 Å². The molecule has 4 N–H and O–H groups in total. The number of rotatable bonds is 7. The Kier molecular flexibility index (Phi) is 6.69. The monoisotopic (exact) mass is 280 g/mol. The lowest BCUT2D eigenvalue weighted by Crippen LogP contribution is -2.51. The van der Waals surface area contributed by atoms with Crippen molar-refractivity contribution in [1.82, 2.24) is 5.32 Å². The Bertz CT molecular complexity index is 436. The number of nitrogens with one attached hydrogen (secondary N) is 1. The first-order valence-electron chi connectivity index (χ1n) is 6.45. The number of aliphatic hydroxyl groups is 1. The molecular formula is C14H20N2O4. The molecule has 0 aromatic heterocycles. The van der Waals surface area contributed by atoms with Crippen molar-refractivity contribution in [3.63, 3.8) is 0 Å². The number of carbonyl (C=O) groups excluding carboxylic acids is 2. The van der Waals surface area contributed by atoms with Gasteiger partial charge < -0.3 is 20.9 Å². The highest BCUT2D eigenvalue weighted by Crippen LogP contribution is 2.03. The van der Waals surface area contributed by atoms with Gasteiger partial charge in [0.05, 0.1) is 19.3 Å². The number of aliphatic hydroxyl groups excluding tert-OH is 1. The fraction of sp³-hybridized carbons (Fsp3) is 0.429. The Morgan fingerprint density at radius 3 is 2.55 bits per heavy atom. The van der Waals surface area contributed by atoms with Gasteiger partial charge in [0.2, 0.25) is 5.91 Å². The highest BCUT2D eigenvalue weighted by Gasteiger charge is 2.25. The summed E-state index contributed by atoms with van der Waals surface area (Å²) in [4.78, 5) is 23.1. The SMILES string of the molecule is CCOC(=O)C(N)C(=O)NC(CO)Cc1ccccc1. The molecule has 0 aliphatic carbocycles. The van der Waals surface area contributed by atoms with Crippen LogP contribution in [0.2, 0.25) is 0 Å². The molecule has 2 atom stereocenters. The fourth-order valence-corrected chi connectivity index (χ4v) is 1.69. The van der Waals surface area contributed by atoms with Crippen molar-refractivity contribution in [1.29, 1.82) is 0 Å². The Morgan fingerprint density at radius 1 is 1.35 bits per heavy atom. The lowest BCUT2D eigenvalue weighted by molar-refractivity contribution is -0.148. The van der Waals surface area contributed by atoms with Gasteiger partial charge in [-0.1, -0.05) is 30.3 Å². The van der Waals surface area contributed by atoms with Crippen LogP contribution in [0.5, 0.6) is 0 Å². The number of nitrogens with two attached hydrogens (primary N) is 1. The van der Waals surface area contributed by atoms with Crippen molar-refractivity contribution in [2.24, 2.45) is 5.73 Å². The van der Waals surface area contributed by atoms with Crippen molar-refractivity contribution >= 4 is 11.9 Å². The third-order valence-electron chi connectivity index (χ3n) is 2.71. The smallest absolute Gasteiger partial charge is 0.332 e. The summed E-state index contributed by atoms with van der Waals surface area (Å²) in [6.07, 6.45) is 0.457. The third-order valence-corrected chi connectivity index (χ3v) is 2.71. The summed E-state index contributed by atoms with van der Waals surface area (Å²) in [5, 5.41) is 11.8. The number of benzene rings is 1. The molecule has 1 amide bonds. The van der Waals surface area contributed by atoms with Crippen LogP contribution < -0.4 is 11.1 Å². The maximum Gasteiger partial charge on any atom is 0.332 e. The number of ether oxygens (including phenoxy) is 1. The van der Waals surface area contributed by atoms with E-state index in [1.807, 2.05) is 30.3 Å². The van der Waals surface area contributed by atoms with E-state index in [0.717, 1.165) is 5.56 Å². The summed E-state index contributed by atoms with van der Waals surface area (Å²) in [5.41, 5.74) is 6.44. The van der Waals surface area contributed by atoms with Crippen LogP contribution in [0.3, 0.4) is 0 Å². The molecule has 110 valence electrons. The molecule has 1 aromatic carbocycles. The van der Waals surface area contributed by atoms with Crippen molar-refractivity contribution in [3.05, 3.63) is 35.9 Å². The zero-order chi connectivity index (χ0) is 15.0. The number of hydrogen-bond acceptors (Lipinski definition) is 5. The van der Waals surface area contributed by atoms with Crippen molar-refractivity contribution in [2.45, 2.75) is 25.4 Å². The van der Waals surface area contributed by atoms with Crippen LogP contribution in [0.25, 0.3) is 0 Å². The molecule has 6 nitrogen and oxygen atoms in total. The number of amides is 1. The molecule has 0 saturated heterocycles. The van der Waals surface area contributed by atoms with Gasteiger partial charge in [0.15, 0.2) is 6.04 Å². The van der Waals surface area contributed by atoms with E-state index >= 15 is 0 Å². The maximum atomic E-state index is 11.8. The molecule has 2 unspecified atom stereocenters. The normalized spacial score (nSPS) is 13.3. The molecule has 0 spiro atoms. The van der Waals surface area contributed by atoms with E-state index in [-0.39, 0.29) is 13.2 Å². The molecule has 1 aromatic rings. The van der Waals surface area contributed by atoms with Crippen LogP contribution in [0.1, 0.15) is 12.5 Å². The van der Waals surface area contributed by atoms with Crippen molar-refractivity contribution in [2.75, 3.05) is 13.2 Å². The summed E-state index contributed by atoms with van der Waals surface area (Å²) >= 11 is 0. The van der Waals surface area contributed by atoms with E-state index in [1.54, 1.807) is 6.92 Å². The second-order valence-electron chi connectivity index (χ2n) is 4.31. The van der Waals surface area contributed by atoms with E-state index in [4.69, 9.17) is 5.73 Å². The van der Waals surface area contributed by atoms with Gasteiger partial charge in [0.1, 0.15) is 0 Å². The first-order chi connectivity index (χ1) is 9.58. The first-order valence-corrected chi connectivity index (χ1v) is 6.45. The predicted molar refractivity (Wildman–Crippen MR) is 73.8 cm³/mol. The Hall–Kier alpha value is -1.92. The molecule has 0 aliphatic rings. The van der Waals surface area contributed by atoms with E-state index in [1.165, 1.54) is 0 Å². The lowest BCUT2D eigenvalue weighted by Gasteiger charge is -2.18. The summed E-state index contributed by atoms with van der Waals surface area (Å²) in [7, 11) is 0. The Labute approximate surface area is 117 Å². The molecule has 20 heavy (non-hydrogen) atoms. The molecule has 6 heteroatoms. The van der Waals surface area contributed by atoms with Gasteiger partial charge >= 0.3 is 5.97 Å². The van der Waals surface area contributed by atoms with E-state index < -0.39 is 24.0 Å². The zero-order valence-corrected chi connectivity index (χ0v) is 11.4. The van der Waals surface area contributed by atoms with E-state index in [0.29, 0.717) is 6.42 Å². The van der Waals surface area contributed by atoms with Crippen LogP contribution >= 0.6 is 0 Å². The topological polar surface area (TPSA) is 102 Å². The fourth-order valence-electron chi connectivity index (χ4n) is 1.69. The van der Waals surface area contributed by atoms with Gasteiger partial charge in [-0.25, -0.2) is 4.79 Å². The molecule has 0 heterocycles. The van der Waals surface area contributed by atoms with Gasteiger partial charge in [0, 0.05) is 0 Å². The molecule has 0 saturated carbocycles. The average molecular weight is 280 g/mol. The van der Waals surface area contributed by atoms with Gasteiger partial charge in [-0.15, -0.1) is 0 Å². The summed E-state index contributed by atoms with van der Waals surface area (Å²) < 4.78 is 4.67. The molecular weight excluding hydrogens is 260 g/mol. The predicted octanol–water partition coefficient (Wildman–Crippen LogP) is -0.403. The zero-order valence-electron chi connectivity index (χ0n) is 11.4. The average Bonchev–Trinajstić information content (AvgIpc) is 2.46. The summed E-state index contributed by atoms with van der Waals surface area (Å²) in [6, 6.07) is 7.53. The minimum absolute atomic E-state index is 0.160. The van der Waals surface area contributed by atoms with Crippen LogP contribution in [0.15, 0.2) is 30.3 Å². The van der Waals surface area contributed by atoms with Gasteiger partial charge in [-0.3, -0.25) is 4.79 Å². The molecule has 0 fully saturated rings. The minimum atomic E-state index is -1.38. The van der Waals surface area contributed by atoms with E-state index in [2.05, 4.69) is 10.1 Å². The van der Waals surface area contributed by atoms with Crippen LogP contribution in [0, 0.1) is 0 Å². The van der Waals surface area contributed by atoms with Crippen LogP contribution in [-0.4, -0.2) is 42.3 Å². The second kappa shape index (κ2) is 8.29. The molecule has 0 radical (unpaired) electrons. The number of esters is 1. The van der Waals surface area contributed by atoms with Crippen molar-refractivity contribution in [3.8, 4) is 0 Å². The molecule has 1 rings (SSSR count). The summed E-state index contributed by atoms with van der Waals surface area (Å²) in [6.45, 7) is 1.55. The highest BCUT2D eigenvalue weighted by molar-refractivity contribution is 6.01. The quantitative estimate of drug-likeness (QED) is 0.466. The minimum Gasteiger partial charge on any atom is -0.464 e. The van der Waals surface area contributed by atoms with E-state index in [9.17, 15) is 14.7 Å². The number of carbonyl (C=O) groups is 2. The Morgan fingerprint density at radius 2 is 2.00 bits per heavy atom. The van der Waals surface area contributed by atoms with Gasteiger partial charge in [-0.05, 0) is 18.9 Å². The summed E-state index contributed by atoms with van der Waals surface area (Å²) in [5.74, 6) is -1.43. The standard InChI is InChI=1S/C14H20N2O4/c1-2-20-14(19)12(15)13(18)16-11(9-17)8-10-6-4-3-5-7-10/h3-7,11-12,17H,2,8-9,15H2,1H3,(H,16,18). The lowest BCUT2D eigenvalue weighted by atomic mass is 10.1. The number of hydrogen-bond donors (Lipinski definition) is 3. The highest BCUT2D eigenvalue weighted by atomic mass is 16.5. The molecule has 0 aliphatic heterocycles. The largest absolute Gasteiger partial charge is 0.464 e. The Balaban J connectivity index is 2.55. The van der Waals surface area contributed by atoms with Crippen LogP contribution in [0.4, 0.5) is 0 Å². The second-order valence-corrected chi connectivity index (χ2v) is 4.31. The van der Waals surface area contributed by atoms with Gasteiger partial charge in [-0.2, -0.15) is 0 Å². The molecule has 0 bridgehead atoms. The first kappa shape index (κ1) is 16.1. The maximum absolute atomic E-state index is 11.8. The van der Waals surface area contributed by atoms with Crippen LogP contribution in [-0.2, 0) is 20.7 Å².